The quantitative estimate of drug-likeness (QED) is 0.700. The minimum atomic E-state index is -0.130. The standard InChI is InChI=1S/C16H23N3O3.ClH/c1-17-9-3-10-18-15(20)12-22-14-7-5-13(6-8-14)19-11-2-4-16(19)21;/h5-8,17H,2-4,9-12H2,1H3,(H,18,20);1H. The third-order valence-corrected chi connectivity index (χ3v) is 3.52. The molecule has 6 nitrogen and oxygen atoms in total. The summed E-state index contributed by atoms with van der Waals surface area (Å²) < 4.78 is 5.44. The molecule has 2 rings (SSSR count). The first-order valence-electron chi connectivity index (χ1n) is 7.65. The lowest BCUT2D eigenvalue weighted by Gasteiger charge is -2.16. The molecule has 1 saturated heterocycles. The zero-order valence-corrected chi connectivity index (χ0v) is 14.2. The first-order valence-corrected chi connectivity index (χ1v) is 7.65. The van der Waals surface area contributed by atoms with Crippen LogP contribution in [-0.2, 0) is 9.59 Å². The van der Waals surface area contributed by atoms with Crippen LogP contribution in [0.1, 0.15) is 19.3 Å². The van der Waals surface area contributed by atoms with Crippen molar-refractivity contribution in [2.24, 2.45) is 0 Å². The maximum Gasteiger partial charge on any atom is 0.257 e. The Morgan fingerprint density at radius 1 is 1.26 bits per heavy atom. The van der Waals surface area contributed by atoms with E-state index in [1.165, 1.54) is 0 Å². The van der Waals surface area contributed by atoms with Crippen LogP contribution < -0.4 is 20.3 Å². The van der Waals surface area contributed by atoms with Crippen molar-refractivity contribution in [2.75, 3.05) is 38.2 Å². The molecule has 1 aromatic rings. The summed E-state index contributed by atoms with van der Waals surface area (Å²) in [6.07, 6.45) is 2.41. The van der Waals surface area contributed by atoms with Crippen molar-refractivity contribution >= 4 is 29.9 Å². The van der Waals surface area contributed by atoms with Gasteiger partial charge in [0.05, 0.1) is 0 Å². The molecule has 1 aliphatic heterocycles. The van der Waals surface area contributed by atoms with Gasteiger partial charge in [0.15, 0.2) is 6.61 Å². The zero-order valence-electron chi connectivity index (χ0n) is 13.3. The Labute approximate surface area is 143 Å². The molecule has 0 aromatic heterocycles. The molecule has 1 aliphatic rings. The largest absolute Gasteiger partial charge is 0.484 e. The highest BCUT2D eigenvalue weighted by atomic mass is 35.5. The molecule has 0 saturated carbocycles. The van der Waals surface area contributed by atoms with Gasteiger partial charge in [-0.3, -0.25) is 9.59 Å². The smallest absolute Gasteiger partial charge is 0.257 e. The highest BCUT2D eigenvalue weighted by molar-refractivity contribution is 5.95. The fourth-order valence-electron chi connectivity index (χ4n) is 2.34. The number of carbonyl (C=O) groups is 2. The van der Waals surface area contributed by atoms with E-state index in [1.54, 1.807) is 17.0 Å². The molecule has 7 heteroatoms. The molecule has 0 bridgehead atoms. The predicted octanol–water partition coefficient (Wildman–Crippen LogP) is 1.34. The summed E-state index contributed by atoms with van der Waals surface area (Å²) in [4.78, 5) is 25.0. The molecule has 2 N–H and O–H groups in total. The Morgan fingerprint density at radius 3 is 2.61 bits per heavy atom. The van der Waals surface area contributed by atoms with Crippen LogP contribution in [0, 0.1) is 0 Å². The summed E-state index contributed by atoms with van der Waals surface area (Å²) in [5.74, 6) is 0.658. The number of carbonyl (C=O) groups excluding carboxylic acids is 2. The van der Waals surface area contributed by atoms with E-state index in [1.807, 2.05) is 19.2 Å². The number of ether oxygens (including phenoxy) is 1. The van der Waals surface area contributed by atoms with Crippen LogP contribution in [0.15, 0.2) is 24.3 Å². The van der Waals surface area contributed by atoms with Crippen molar-refractivity contribution in [3.63, 3.8) is 0 Å². The highest BCUT2D eigenvalue weighted by Crippen LogP contribution is 2.23. The molecule has 0 radical (unpaired) electrons. The minimum absolute atomic E-state index is 0. The first-order chi connectivity index (χ1) is 10.7. The van der Waals surface area contributed by atoms with Crippen LogP contribution in [0.4, 0.5) is 5.69 Å². The van der Waals surface area contributed by atoms with Crippen molar-refractivity contribution in [3.8, 4) is 5.75 Å². The number of nitrogens with one attached hydrogen (secondary N) is 2. The predicted molar refractivity (Wildman–Crippen MR) is 92.3 cm³/mol. The van der Waals surface area contributed by atoms with Crippen LogP contribution in [0.2, 0.25) is 0 Å². The normalized spacial score (nSPS) is 13.6. The third kappa shape index (κ3) is 6.08. The lowest BCUT2D eigenvalue weighted by molar-refractivity contribution is -0.123. The Hall–Kier alpha value is -1.79. The van der Waals surface area contributed by atoms with E-state index in [4.69, 9.17) is 4.74 Å². The monoisotopic (exact) mass is 341 g/mol. The number of rotatable bonds is 8. The van der Waals surface area contributed by atoms with Gasteiger partial charge >= 0.3 is 0 Å². The molecule has 1 fully saturated rings. The Bertz CT molecular complexity index is 508. The van der Waals surface area contributed by atoms with Crippen molar-refractivity contribution in [3.05, 3.63) is 24.3 Å². The van der Waals surface area contributed by atoms with Gasteiger partial charge in [-0.25, -0.2) is 0 Å². The molecule has 0 atom stereocenters. The van der Waals surface area contributed by atoms with Crippen LogP contribution in [0.5, 0.6) is 5.75 Å². The van der Waals surface area contributed by atoms with Gasteiger partial charge in [-0.1, -0.05) is 0 Å². The lowest BCUT2D eigenvalue weighted by Crippen LogP contribution is -2.31. The number of amides is 2. The fraction of sp³-hybridized carbons (Fsp3) is 0.500. The second kappa shape index (κ2) is 10.1. The highest BCUT2D eigenvalue weighted by Gasteiger charge is 2.21. The van der Waals surface area contributed by atoms with E-state index in [2.05, 4.69) is 10.6 Å². The average Bonchev–Trinajstić information content (AvgIpc) is 2.96. The molecule has 2 amide bonds. The Morgan fingerprint density at radius 2 is 2.00 bits per heavy atom. The number of anilines is 1. The molecule has 1 heterocycles. The number of hydrogen-bond acceptors (Lipinski definition) is 4. The van der Waals surface area contributed by atoms with E-state index in [-0.39, 0.29) is 30.8 Å². The topological polar surface area (TPSA) is 70.7 Å². The maximum absolute atomic E-state index is 11.7. The summed E-state index contributed by atoms with van der Waals surface area (Å²) in [7, 11) is 1.88. The molecule has 1 aromatic carbocycles. The average molecular weight is 342 g/mol. The molecule has 0 spiro atoms. The molecule has 128 valence electrons. The molecule has 23 heavy (non-hydrogen) atoms. The van der Waals surface area contributed by atoms with Gasteiger partial charge in [-0.05, 0) is 50.7 Å². The van der Waals surface area contributed by atoms with E-state index in [0.717, 1.165) is 31.6 Å². The molecule has 0 unspecified atom stereocenters. The molecule has 0 aliphatic carbocycles. The Balaban J connectivity index is 0.00000264. The van der Waals surface area contributed by atoms with Crippen molar-refractivity contribution in [1.82, 2.24) is 10.6 Å². The van der Waals surface area contributed by atoms with Gasteiger partial charge < -0.3 is 20.3 Å². The van der Waals surface area contributed by atoms with Crippen molar-refractivity contribution in [1.29, 1.82) is 0 Å². The van der Waals surface area contributed by atoms with Gasteiger partial charge in [0.25, 0.3) is 5.91 Å². The SMILES string of the molecule is CNCCCNC(=O)COc1ccc(N2CCCC2=O)cc1.Cl. The maximum atomic E-state index is 11.7. The minimum Gasteiger partial charge on any atom is -0.484 e. The van der Waals surface area contributed by atoms with Crippen LogP contribution in [0.3, 0.4) is 0 Å². The van der Waals surface area contributed by atoms with Crippen LogP contribution in [-0.4, -0.2) is 45.1 Å². The summed E-state index contributed by atoms with van der Waals surface area (Å²) in [5, 5.41) is 5.81. The van der Waals surface area contributed by atoms with Crippen molar-refractivity contribution in [2.45, 2.75) is 19.3 Å². The van der Waals surface area contributed by atoms with Gasteiger partial charge in [-0.15, -0.1) is 12.4 Å². The van der Waals surface area contributed by atoms with E-state index >= 15 is 0 Å². The van der Waals surface area contributed by atoms with E-state index in [9.17, 15) is 9.59 Å². The van der Waals surface area contributed by atoms with Gasteiger partial charge in [0, 0.05) is 25.2 Å². The zero-order chi connectivity index (χ0) is 15.8. The van der Waals surface area contributed by atoms with Crippen molar-refractivity contribution < 1.29 is 14.3 Å². The summed E-state index contributed by atoms with van der Waals surface area (Å²) in [5.41, 5.74) is 0.881. The summed E-state index contributed by atoms with van der Waals surface area (Å²) >= 11 is 0. The summed E-state index contributed by atoms with van der Waals surface area (Å²) in [6, 6.07) is 7.27. The second-order valence-electron chi connectivity index (χ2n) is 5.24. The number of hydrogen-bond donors (Lipinski definition) is 2. The number of nitrogens with zero attached hydrogens (tertiary/aromatic N) is 1. The van der Waals surface area contributed by atoms with Gasteiger partial charge in [-0.2, -0.15) is 0 Å². The fourth-order valence-corrected chi connectivity index (χ4v) is 2.34. The van der Waals surface area contributed by atoms with E-state index in [0.29, 0.717) is 18.7 Å². The molecular formula is C16H24ClN3O3. The number of halogens is 1. The first kappa shape index (κ1) is 19.3. The second-order valence-corrected chi connectivity index (χ2v) is 5.24. The van der Waals surface area contributed by atoms with E-state index < -0.39 is 0 Å². The van der Waals surface area contributed by atoms with Crippen LogP contribution in [0.25, 0.3) is 0 Å². The molecular weight excluding hydrogens is 318 g/mol. The van der Waals surface area contributed by atoms with Gasteiger partial charge in [0.1, 0.15) is 5.75 Å². The van der Waals surface area contributed by atoms with Gasteiger partial charge in [0.2, 0.25) is 5.91 Å². The van der Waals surface area contributed by atoms with Crippen LogP contribution >= 0.6 is 12.4 Å². The summed E-state index contributed by atoms with van der Waals surface area (Å²) in [6.45, 7) is 2.28. The Kier molecular flexibility index (Phi) is 8.43. The number of benzene rings is 1. The lowest BCUT2D eigenvalue weighted by atomic mass is 10.3. The third-order valence-electron chi connectivity index (χ3n) is 3.52.